The predicted octanol–water partition coefficient (Wildman–Crippen LogP) is 1.06. The minimum Gasteiger partial charge on any atom is -0.352 e. The van der Waals surface area contributed by atoms with Crippen LogP contribution in [0.4, 0.5) is 0 Å². The molecule has 0 spiro atoms. The van der Waals surface area contributed by atoms with Crippen molar-refractivity contribution in [3.05, 3.63) is 0 Å². The average Bonchev–Trinajstić information content (AvgIpc) is 2.82. The van der Waals surface area contributed by atoms with E-state index in [0.717, 1.165) is 24.5 Å². The molecule has 1 amide bonds. The first-order valence-corrected chi connectivity index (χ1v) is 7.88. The molecule has 0 unspecified atom stereocenters. The van der Waals surface area contributed by atoms with Crippen molar-refractivity contribution in [3.8, 4) is 0 Å². The van der Waals surface area contributed by atoms with E-state index >= 15 is 0 Å². The summed E-state index contributed by atoms with van der Waals surface area (Å²) in [6.45, 7) is 0. The van der Waals surface area contributed by atoms with E-state index in [9.17, 15) is 9.00 Å². The zero-order valence-corrected chi connectivity index (χ0v) is 10.3. The average molecular weight is 241 g/mol. The van der Waals surface area contributed by atoms with Crippen LogP contribution < -0.4 is 5.32 Å². The molecule has 3 aliphatic rings. The van der Waals surface area contributed by atoms with E-state index < -0.39 is 10.8 Å². The Morgan fingerprint density at radius 3 is 2.62 bits per heavy atom. The van der Waals surface area contributed by atoms with Crippen LogP contribution in [0.3, 0.4) is 0 Å². The van der Waals surface area contributed by atoms with Gasteiger partial charge in [-0.3, -0.25) is 9.00 Å². The van der Waals surface area contributed by atoms with E-state index in [0.29, 0.717) is 17.6 Å². The molecule has 0 aromatic heterocycles. The first-order valence-electron chi connectivity index (χ1n) is 6.39. The van der Waals surface area contributed by atoms with Crippen molar-refractivity contribution >= 4 is 16.7 Å². The number of rotatable bonds is 3. The molecule has 90 valence electrons. The molecular weight excluding hydrogens is 222 g/mol. The van der Waals surface area contributed by atoms with Gasteiger partial charge < -0.3 is 5.32 Å². The predicted molar refractivity (Wildman–Crippen MR) is 63.4 cm³/mol. The molecule has 0 radical (unpaired) electrons. The molecule has 1 heterocycles. The molecule has 4 heteroatoms. The lowest BCUT2D eigenvalue weighted by molar-refractivity contribution is -0.123. The number of carbonyl (C=O) groups excluding carboxylic acids is 1. The summed E-state index contributed by atoms with van der Waals surface area (Å²) in [4.78, 5) is 11.9. The van der Waals surface area contributed by atoms with Gasteiger partial charge in [0.2, 0.25) is 5.91 Å². The van der Waals surface area contributed by atoms with E-state index in [2.05, 4.69) is 5.32 Å². The number of carbonyl (C=O) groups is 1. The first kappa shape index (κ1) is 10.8. The van der Waals surface area contributed by atoms with Gasteiger partial charge in [0, 0.05) is 34.3 Å². The third kappa shape index (κ3) is 2.04. The Labute approximate surface area is 98.8 Å². The van der Waals surface area contributed by atoms with E-state index in [4.69, 9.17) is 0 Å². The van der Waals surface area contributed by atoms with Crippen molar-refractivity contribution in [2.45, 2.75) is 38.1 Å². The minimum atomic E-state index is -0.685. The van der Waals surface area contributed by atoms with Crippen LogP contribution in [-0.2, 0) is 15.6 Å². The summed E-state index contributed by atoms with van der Waals surface area (Å²) in [6.07, 6.45) is 6.03. The number of hydrogen-bond acceptors (Lipinski definition) is 2. The van der Waals surface area contributed by atoms with Crippen LogP contribution >= 0.6 is 0 Å². The minimum absolute atomic E-state index is 0.191. The van der Waals surface area contributed by atoms with Crippen LogP contribution in [0.2, 0.25) is 0 Å². The summed E-state index contributed by atoms with van der Waals surface area (Å²) >= 11 is 0. The third-order valence-electron chi connectivity index (χ3n) is 4.36. The maximum absolute atomic E-state index is 11.9. The van der Waals surface area contributed by atoms with Gasteiger partial charge in [-0.2, -0.15) is 0 Å². The molecule has 1 N–H and O–H groups in total. The van der Waals surface area contributed by atoms with Crippen molar-refractivity contribution < 1.29 is 9.00 Å². The van der Waals surface area contributed by atoms with Gasteiger partial charge in [0.1, 0.15) is 0 Å². The van der Waals surface area contributed by atoms with Crippen molar-refractivity contribution in [1.82, 2.24) is 5.32 Å². The zero-order chi connectivity index (χ0) is 11.1. The van der Waals surface area contributed by atoms with E-state index in [1.165, 1.54) is 19.3 Å². The number of nitrogens with one attached hydrogen (secondary N) is 1. The van der Waals surface area contributed by atoms with Gasteiger partial charge in [-0.05, 0) is 24.7 Å². The van der Waals surface area contributed by atoms with Crippen LogP contribution in [0.25, 0.3) is 0 Å². The maximum Gasteiger partial charge on any atom is 0.223 e. The van der Waals surface area contributed by atoms with E-state index in [-0.39, 0.29) is 11.9 Å². The third-order valence-corrected chi connectivity index (χ3v) is 5.82. The molecule has 3 nitrogen and oxygen atoms in total. The Bertz CT molecular complexity index is 327. The molecular formula is C12H19NO2S. The number of hydrogen-bond donors (Lipinski definition) is 1. The Kier molecular flexibility index (Phi) is 2.78. The number of amides is 1. The standard InChI is InChI=1S/C12H19NO2S/c14-12(13-9-4-5-16(15)7-9)11-6-10(11)8-2-1-3-8/h8-11H,1-7H2,(H,13,14)/t9-,10-,11-,16+/m1/s1. The molecule has 3 fully saturated rings. The molecule has 1 aliphatic heterocycles. The summed E-state index contributed by atoms with van der Waals surface area (Å²) in [6, 6.07) is 0.191. The summed E-state index contributed by atoms with van der Waals surface area (Å²) < 4.78 is 11.2. The monoisotopic (exact) mass is 241 g/mol. The summed E-state index contributed by atoms with van der Waals surface area (Å²) in [5.74, 6) is 3.49. The van der Waals surface area contributed by atoms with Crippen LogP contribution in [0, 0.1) is 17.8 Å². The molecule has 2 saturated carbocycles. The molecule has 0 bridgehead atoms. The van der Waals surface area contributed by atoms with Crippen LogP contribution in [0.15, 0.2) is 0 Å². The van der Waals surface area contributed by atoms with Gasteiger partial charge in [-0.15, -0.1) is 0 Å². The molecule has 0 aromatic rings. The fourth-order valence-corrected chi connectivity index (χ4v) is 4.40. The highest BCUT2D eigenvalue weighted by molar-refractivity contribution is 7.85. The van der Waals surface area contributed by atoms with Crippen LogP contribution in [0.5, 0.6) is 0 Å². The van der Waals surface area contributed by atoms with Gasteiger partial charge in [-0.25, -0.2) is 0 Å². The van der Waals surface area contributed by atoms with Gasteiger partial charge in [0.05, 0.1) is 0 Å². The first-order chi connectivity index (χ1) is 7.74. The lowest BCUT2D eigenvalue weighted by Gasteiger charge is -2.25. The van der Waals surface area contributed by atoms with Crippen molar-refractivity contribution in [3.63, 3.8) is 0 Å². The highest BCUT2D eigenvalue weighted by atomic mass is 32.2. The summed E-state index contributed by atoms with van der Waals surface area (Å²) in [7, 11) is -0.685. The molecule has 3 rings (SSSR count). The lowest BCUT2D eigenvalue weighted by atomic mass is 9.81. The highest BCUT2D eigenvalue weighted by Crippen LogP contribution is 2.51. The Morgan fingerprint density at radius 1 is 1.25 bits per heavy atom. The Morgan fingerprint density at radius 2 is 2.06 bits per heavy atom. The zero-order valence-electron chi connectivity index (χ0n) is 9.48. The summed E-state index contributed by atoms with van der Waals surface area (Å²) in [5.41, 5.74) is 0. The topological polar surface area (TPSA) is 46.2 Å². The SMILES string of the molecule is O=C(N[C@@H]1CC[S@](=O)C1)[C@@H]1C[C@@H]1C1CCC1. The molecule has 1 saturated heterocycles. The van der Waals surface area contributed by atoms with E-state index in [1.54, 1.807) is 0 Å². The van der Waals surface area contributed by atoms with Gasteiger partial charge in [0.25, 0.3) is 0 Å². The Hall–Kier alpha value is -0.380. The normalized spacial score (nSPS) is 42.8. The maximum atomic E-state index is 11.9. The second kappa shape index (κ2) is 4.13. The quantitative estimate of drug-likeness (QED) is 0.803. The fraction of sp³-hybridized carbons (Fsp3) is 0.917. The van der Waals surface area contributed by atoms with Crippen molar-refractivity contribution in [2.24, 2.45) is 17.8 Å². The van der Waals surface area contributed by atoms with Crippen molar-refractivity contribution in [1.29, 1.82) is 0 Å². The second-order valence-corrected chi connectivity index (χ2v) is 7.12. The Balaban J connectivity index is 1.46. The lowest BCUT2D eigenvalue weighted by Crippen LogP contribution is -2.37. The fourth-order valence-electron chi connectivity index (χ4n) is 2.99. The molecule has 0 aromatic carbocycles. The highest BCUT2D eigenvalue weighted by Gasteiger charge is 2.49. The molecule has 2 aliphatic carbocycles. The van der Waals surface area contributed by atoms with Gasteiger partial charge >= 0.3 is 0 Å². The molecule has 4 atom stereocenters. The molecule has 16 heavy (non-hydrogen) atoms. The van der Waals surface area contributed by atoms with Gasteiger partial charge in [0.15, 0.2) is 0 Å². The largest absolute Gasteiger partial charge is 0.352 e. The smallest absolute Gasteiger partial charge is 0.223 e. The van der Waals surface area contributed by atoms with Crippen LogP contribution in [0.1, 0.15) is 32.1 Å². The van der Waals surface area contributed by atoms with Crippen LogP contribution in [-0.4, -0.2) is 27.7 Å². The second-order valence-electron chi connectivity index (χ2n) is 5.50. The van der Waals surface area contributed by atoms with Gasteiger partial charge in [-0.1, -0.05) is 19.3 Å². The van der Waals surface area contributed by atoms with Crippen molar-refractivity contribution in [2.75, 3.05) is 11.5 Å². The summed E-state index contributed by atoms with van der Waals surface area (Å²) in [5, 5.41) is 3.07. The van der Waals surface area contributed by atoms with E-state index in [1.807, 2.05) is 0 Å².